The van der Waals surface area contributed by atoms with Crippen molar-refractivity contribution in [1.82, 2.24) is 16.0 Å². The number of carbonyl (C=O) groups excluding carboxylic acids is 3. The van der Waals surface area contributed by atoms with Crippen LogP contribution in [-0.2, 0) is 25.6 Å². The molecule has 3 amide bonds. The van der Waals surface area contributed by atoms with Crippen LogP contribution in [-0.4, -0.2) is 53.0 Å². The Bertz CT molecular complexity index is 841. The average molecular weight is 491 g/mol. The Morgan fingerprint density at radius 2 is 1.29 bits per heavy atom. The van der Waals surface area contributed by atoms with Crippen LogP contribution in [0.15, 0.2) is 30.3 Å². The second-order valence-corrected chi connectivity index (χ2v) is 10.2. The number of nitrogens with one attached hydrogen (secondary N) is 3. The molecule has 4 atom stereocenters. The Labute approximate surface area is 208 Å². The quantitative estimate of drug-likeness (QED) is 0.268. The number of carboxylic acids is 1. The highest BCUT2D eigenvalue weighted by atomic mass is 16.4. The van der Waals surface area contributed by atoms with Gasteiger partial charge >= 0.3 is 5.97 Å². The zero-order valence-electron chi connectivity index (χ0n) is 21.7. The number of hydrogen-bond acceptors (Lipinski definition) is 5. The van der Waals surface area contributed by atoms with Crippen molar-refractivity contribution in [1.29, 1.82) is 0 Å². The SMILES string of the molecule is CC(C)CC(NC(=O)C(NC(=O)C(CC(C)C)NC(=O)C(N)Cc1ccccc1)C(C)C)C(=O)O. The van der Waals surface area contributed by atoms with Gasteiger partial charge in [-0.25, -0.2) is 4.79 Å². The van der Waals surface area contributed by atoms with E-state index in [-0.39, 0.29) is 24.2 Å². The average Bonchev–Trinajstić information content (AvgIpc) is 2.75. The van der Waals surface area contributed by atoms with E-state index < -0.39 is 47.9 Å². The van der Waals surface area contributed by atoms with Gasteiger partial charge in [0.05, 0.1) is 6.04 Å². The zero-order valence-corrected chi connectivity index (χ0v) is 21.7. The van der Waals surface area contributed by atoms with Crippen LogP contribution in [0.1, 0.15) is 59.9 Å². The molecule has 9 heteroatoms. The summed E-state index contributed by atoms with van der Waals surface area (Å²) in [6, 6.07) is 5.62. The smallest absolute Gasteiger partial charge is 0.326 e. The van der Waals surface area contributed by atoms with Crippen molar-refractivity contribution >= 4 is 23.7 Å². The van der Waals surface area contributed by atoms with Crippen molar-refractivity contribution in [2.75, 3.05) is 0 Å². The number of amides is 3. The molecule has 0 fully saturated rings. The number of aliphatic carboxylic acids is 1. The fraction of sp³-hybridized carbons (Fsp3) is 0.615. The van der Waals surface area contributed by atoms with Gasteiger partial charge in [0, 0.05) is 0 Å². The highest BCUT2D eigenvalue weighted by Gasteiger charge is 2.32. The minimum atomic E-state index is -1.13. The van der Waals surface area contributed by atoms with Gasteiger partial charge in [-0.05, 0) is 42.6 Å². The fourth-order valence-electron chi connectivity index (χ4n) is 3.69. The minimum Gasteiger partial charge on any atom is -0.480 e. The zero-order chi connectivity index (χ0) is 26.7. The molecule has 0 saturated carbocycles. The third-order valence-corrected chi connectivity index (χ3v) is 5.54. The first-order chi connectivity index (χ1) is 16.3. The molecule has 196 valence electrons. The number of carbonyl (C=O) groups is 4. The van der Waals surface area contributed by atoms with Gasteiger partial charge in [-0.15, -0.1) is 0 Å². The van der Waals surface area contributed by atoms with Gasteiger partial charge in [0.15, 0.2) is 0 Å². The Kier molecular flexibility index (Phi) is 12.4. The van der Waals surface area contributed by atoms with Gasteiger partial charge in [-0.2, -0.15) is 0 Å². The Balaban J connectivity index is 2.92. The monoisotopic (exact) mass is 490 g/mol. The summed E-state index contributed by atoms with van der Waals surface area (Å²) in [4.78, 5) is 50.4. The van der Waals surface area contributed by atoms with E-state index in [1.165, 1.54) is 0 Å². The lowest BCUT2D eigenvalue weighted by Gasteiger charge is -2.28. The van der Waals surface area contributed by atoms with Crippen molar-refractivity contribution in [2.45, 2.75) is 85.0 Å². The van der Waals surface area contributed by atoms with Gasteiger partial charge in [0.25, 0.3) is 0 Å². The first-order valence-corrected chi connectivity index (χ1v) is 12.2. The topological polar surface area (TPSA) is 151 Å². The molecule has 35 heavy (non-hydrogen) atoms. The van der Waals surface area contributed by atoms with Gasteiger partial charge < -0.3 is 26.8 Å². The molecule has 6 N–H and O–H groups in total. The third kappa shape index (κ3) is 10.9. The lowest BCUT2D eigenvalue weighted by molar-refractivity contribution is -0.143. The maximum Gasteiger partial charge on any atom is 0.326 e. The molecule has 0 aliphatic rings. The van der Waals surface area contributed by atoms with Gasteiger partial charge in [-0.3, -0.25) is 14.4 Å². The summed E-state index contributed by atoms with van der Waals surface area (Å²) < 4.78 is 0. The maximum absolute atomic E-state index is 13.1. The molecule has 0 radical (unpaired) electrons. The van der Waals surface area contributed by atoms with Gasteiger partial charge in [0.2, 0.25) is 17.7 Å². The van der Waals surface area contributed by atoms with Crippen LogP contribution < -0.4 is 21.7 Å². The van der Waals surface area contributed by atoms with E-state index >= 15 is 0 Å². The third-order valence-electron chi connectivity index (χ3n) is 5.54. The van der Waals surface area contributed by atoms with Crippen LogP contribution in [0.25, 0.3) is 0 Å². The summed E-state index contributed by atoms with van der Waals surface area (Å²) in [6.07, 6.45) is 0.949. The molecule has 0 aromatic heterocycles. The largest absolute Gasteiger partial charge is 0.480 e. The van der Waals surface area contributed by atoms with E-state index in [4.69, 9.17) is 5.73 Å². The van der Waals surface area contributed by atoms with E-state index in [9.17, 15) is 24.3 Å². The molecule has 0 aliphatic carbocycles. The van der Waals surface area contributed by atoms with E-state index in [1.54, 1.807) is 13.8 Å². The predicted molar refractivity (Wildman–Crippen MR) is 135 cm³/mol. The maximum atomic E-state index is 13.1. The molecular weight excluding hydrogens is 448 g/mol. The second kappa shape index (κ2) is 14.5. The summed E-state index contributed by atoms with van der Waals surface area (Å²) in [5.41, 5.74) is 6.99. The summed E-state index contributed by atoms with van der Waals surface area (Å²) in [7, 11) is 0. The van der Waals surface area contributed by atoms with Crippen molar-refractivity contribution in [3.8, 4) is 0 Å². The number of nitrogens with two attached hydrogens (primary N) is 1. The van der Waals surface area contributed by atoms with Crippen molar-refractivity contribution in [3.63, 3.8) is 0 Å². The lowest BCUT2D eigenvalue weighted by atomic mass is 9.98. The summed E-state index contributed by atoms with van der Waals surface area (Å²) in [6.45, 7) is 11.1. The molecule has 1 aromatic carbocycles. The van der Waals surface area contributed by atoms with Crippen LogP contribution in [0.3, 0.4) is 0 Å². The molecule has 1 rings (SSSR count). The number of benzene rings is 1. The summed E-state index contributed by atoms with van der Waals surface area (Å²) >= 11 is 0. The normalized spacial score (nSPS) is 14.8. The number of carboxylic acid groups (broad SMARTS) is 1. The summed E-state index contributed by atoms with van der Waals surface area (Å²) in [5.74, 6) is -2.82. The first-order valence-electron chi connectivity index (χ1n) is 12.2. The van der Waals surface area contributed by atoms with Crippen LogP contribution in [0.5, 0.6) is 0 Å². The van der Waals surface area contributed by atoms with E-state index in [0.29, 0.717) is 12.8 Å². The van der Waals surface area contributed by atoms with Crippen LogP contribution >= 0.6 is 0 Å². The molecule has 0 heterocycles. The fourth-order valence-corrected chi connectivity index (χ4v) is 3.69. The Morgan fingerprint density at radius 3 is 1.77 bits per heavy atom. The van der Waals surface area contributed by atoms with Crippen molar-refractivity contribution < 1.29 is 24.3 Å². The van der Waals surface area contributed by atoms with E-state index in [2.05, 4.69) is 16.0 Å². The molecule has 0 bridgehead atoms. The Hall–Kier alpha value is -2.94. The van der Waals surface area contributed by atoms with Gasteiger partial charge in [0.1, 0.15) is 18.1 Å². The van der Waals surface area contributed by atoms with Crippen LogP contribution in [0.4, 0.5) is 0 Å². The van der Waals surface area contributed by atoms with Crippen molar-refractivity contribution in [2.24, 2.45) is 23.5 Å². The predicted octanol–water partition coefficient (Wildman–Crippen LogP) is 1.84. The standard InChI is InChI=1S/C26H42N4O5/c1-15(2)12-20(28-23(31)19(27)14-18-10-8-7-9-11-18)24(32)30-22(17(5)6)25(33)29-21(26(34)35)13-16(3)4/h7-11,15-17,19-22H,12-14,27H2,1-6H3,(H,28,31)(H,29,33)(H,30,32)(H,34,35). The van der Waals surface area contributed by atoms with Crippen LogP contribution in [0.2, 0.25) is 0 Å². The molecular formula is C26H42N4O5. The van der Waals surface area contributed by atoms with E-state index in [1.807, 2.05) is 58.0 Å². The molecule has 1 aromatic rings. The van der Waals surface area contributed by atoms with E-state index in [0.717, 1.165) is 5.56 Å². The van der Waals surface area contributed by atoms with Crippen LogP contribution in [0, 0.1) is 17.8 Å². The summed E-state index contributed by atoms with van der Waals surface area (Å²) in [5, 5.41) is 17.4. The molecule has 0 aliphatic heterocycles. The highest BCUT2D eigenvalue weighted by molar-refractivity contribution is 5.94. The first kappa shape index (κ1) is 30.1. The molecule has 0 saturated heterocycles. The molecule has 4 unspecified atom stereocenters. The molecule has 0 spiro atoms. The second-order valence-electron chi connectivity index (χ2n) is 10.2. The van der Waals surface area contributed by atoms with Crippen molar-refractivity contribution in [3.05, 3.63) is 35.9 Å². The lowest BCUT2D eigenvalue weighted by Crippen LogP contribution is -2.58. The number of hydrogen-bond donors (Lipinski definition) is 5. The molecule has 9 nitrogen and oxygen atoms in total. The minimum absolute atomic E-state index is 0.0641. The number of rotatable bonds is 14. The van der Waals surface area contributed by atoms with Gasteiger partial charge in [-0.1, -0.05) is 71.9 Å². The Morgan fingerprint density at radius 1 is 0.771 bits per heavy atom. The highest BCUT2D eigenvalue weighted by Crippen LogP contribution is 2.11.